The van der Waals surface area contributed by atoms with Crippen LogP contribution in [0.4, 0.5) is 0 Å². The highest BCUT2D eigenvalue weighted by atomic mass is 35.7. The van der Waals surface area contributed by atoms with Gasteiger partial charge in [0.2, 0.25) is 0 Å². The zero-order chi connectivity index (χ0) is 12.0. The zero-order valence-electron chi connectivity index (χ0n) is 8.65. The van der Waals surface area contributed by atoms with Crippen molar-refractivity contribution in [2.75, 3.05) is 24.8 Å². The zero-order valence-corrected chi connectivity index (χ0v) is 11.8. The summed E-state index contributed by atoms with van der Waals surface area (Å²) in [6.45, 7) is -2.13. The Bertz CT molecular complexity index is 354. The van der Waals surface area contributed by atoms with Gasteiger partial charge >= 0.3 is 0 Å². The smallest absolute Gasteiger partial charge is 0.263 e. The molecule has 0 N–H and O–H groups in total. The van der Waals surface area contributed by atoms with Gasteiger partial charge in [0.15, 0.2) is 0 Å². The topological polar surface area (TPSA) is 20.3 Å². The van der Waals surface area contributed by atoms with Crippen LogP contribution in [-0.4, -0.2) is 29.5 Å². The number of hydrogen-bond donors (Lipinski definition) is 0. The standard InChI is InChI=1S/C10H13Cl3NOP/c11-6-8-14(9-7-12)16(13,15)10-4-2-1-3-5-10/h1-5H,6-9H2/t16-/m1/s1. The summed E-state index contributed by atoms with van der Waals surface area (Å²) in [6.07, 6.45) is 0. The van der Waals surface area contributed by atoms with Crippen molar-refractivity contribution in [1.82, 2.24) is 4.67 Å². The largest absolute Gasteiger partial charge is 0.284 e. The van der Waals surface area contributed by atoms with Crippen LogP contribution in [0, 0.1) is 0 Å². The molecule has 0 spiro atoms. The van der Waals surface area contributed by atoms with Gasteiger partial charge in [-0.15, -0.1) is 23.2 Å². The van der Waals surface area contributed by atoms with Crippen LogP contribution >= 0.6 is 41.1 Å². The molecule has 0 bridgehead atoms. The highest BCUT2D eigenvalue weighted by Gasteiger charge is 2.29. The minimum absolute atomic E-state index is 0.375. The maximum Gasteiger partial charge on any atom is 0.263 e. The van der Waals surface area contributed by atoms with Crippen LogP contribution in [-0.2, 0) is 4.57 Å². The van der Waals surface area contributed by atoms with Gasteiger partial charge in [0.25, 0.3) is 6.65 Å². The first-order valence-electron chi connectivity index (χ1n) is 4.85. The summed E-state index contributed by atoms with van der Waals surface area (Å²) >= 11 is 17.5. The van der Waals surface area contributed by atoms with E-state index in [4.69, 9.17) is 34.4 Å². The molecule has 1 aromatic rings. The van der Waals surface area contributed by atoms with Gasteiger partial charge in [-0.05, 0) is 23.4 Å². The third-order valence-electron chi connectivity index (χ3n) is 2.12. The van der Waals surface area contributed by atoms with Gasteiger partial charge in [-0.2, -0.15) is 0 Å². The lowest BCUT2D eigenvalue weighted by molar-refractivity contribution is 0.466. The Morgan fingerprint density at radius 1 is 1.06 bits per heavy atom. The monoisotopic (exact) mass is 299 g/mol. The first kappa shape index (κ1) is 14.3. The number of hydrogen-bond acceptors (Lipinski definition) is 1. The molecule has 0 unspecified atom stereocenters. The van der Waals surface area contributed by atoms with Gasteiger partial charge in [-0.25, -0.2) is 4.67 Å². The van der Waals surface area contributed by atoms with Crippen molar-refractivity contribution in [3.8, 4) is 0 Å². The fraction of sp³-hybridized carbons (Fsp3) is 0.400. The molecular weight excluding hydrogens is 287 g/mol. The molecule has 0 aliphatic heterocycles. The first-order valence-corrected chi connectivity index (χ1v) is 8.49. The lowest BCUT2D eigenvalue weighted by atomic mass is 10.4. The van der Waals surface area contributed by atoms with Crippen LogP contribution in [0.25, 0.3) is 0 Å². The number of rotatable bonds is 6. The third-order valence-corrected chi connectivity index (χ3v) is 5.75. The molecule has 2 nitrogen and oxygen atoms in total. The highest BCUT2D eigenvalue weighted by molar-refractivity contribution is 7.93. The molecule has 0 aliphatic carbocycles. The summed E-state index contributed by atoms with van der Waals surface area (Å²) in [5, 5.41) is 0.618. The van der Waals surface area contributed by atoms with Gasteiger partial charge in [-0.3, -0.25) is 4.57 Å². The molecule has 0 saturated carbocycles. The predicted molar refractivity (Wildman–Crippen MR) is 72.5 cm³/mol. The van der Waals surface area contributed by atoms with E-state index in [1.165, 1.54) is 0 Å². The van der Waals surface area contributed by atoms with Crippen LogP contribution in [0.3, 0.4) is 0 Å². The van der Waals surface area contributed by atoms with Crippen molar-refractivity contribution in [1.29, 1.82) is 0 Å². The molecule has 0 amide bonds. The molecule has 90 valence electrons. The van der Waals surface area contributed by atoms with Crippen LogP contribution in [0.15, 0.2) is 30.3 Å². The second kappa shape index (κ2) is 6.88. The fourth-order valence-corrected chi connectivity index (χ4v) is 4.36. The van der Waals surface area contributed by atoms with Crippen LogP contribution < -0.4 is 5.30 Å². The minimum Gasteiger partial charge on any atom is -0.284 e. The highest BCUT2D eigenvalue weighted by Crippen LogP contribution is 2.53. The van der Waals surface area contributed by atoms with E-state index in [0.29, 0.717) is 30.2 Å². The number of nitrogens with zero attached hydrogens (tertiary/aromatic N) is 1. The second-order valence-corrected chi connectivity index (χ2v) is 7.39. The van der Waals surface area contributed by atoms with Crippen molar-refractivity contribution < 1.29 is 4.57 Å². The van der Waals surface area contributed by atoms with E-state index in [1.807, 2.05) is 18.2 Å². The van der Waals surface area contributed by atoms with E-state index in [1.54, 1.807) is 16.8 Å². The van der Waals surface area contributed by atoms with E-state index < -0.39 is 6.65 Å². The summed E-state index contributed by atoms with van der Waals surface area (Å²) in [5.41, 5.74) is 0. The maximum atomic E-state index is 12.5. The van der Waals surface area contributed by atoms with Gasteiger partial charge in [0, 0.05) is 30.2 Å². The van der Waals surface area contributed by atoms with Crippen molar-refractivity contribution >= 4 is 46.4 Å². The molecule has 0 radical (unpaired) electrons. The van der Waals surface area contributed by atoms with Gasteiger partial charge < -0.3 is 0 Å². The molecule has 0 aromatic heterocycles. The molecule has 1 rings (SSSR count). The Morgan fingerprint density at radius 3 is 2.00 bits per heavy atom. The van der Waals surface area contributed by atoms with Gasteiger partial charge in [0.1, 0.15) is 0 Å². The van der Waals surface area contributed by atoms with Crippen LogP contribution in [0.2, 0.25) is 0 Å². The van der Waals surface area contributed by atoms with Crippen LogP contribution in [0.5, 0.6) is 0 Å². The van der Waals surface area contributed by atoms with E-state index in [0.717, 1.165) is 0 Å². The Labute approximate surface area is 111 Å². The minimum atomic E-state index is -3.05. The fourth-order valence-electron chi connectivity index (χ4n) is 1.34. The van der Waals surface area contributed by atoms with Gasteiger partial charge in [0.05, 0.1) is 0 Å². The average molecular weight is 301 g/mol. The Hall–Kier alpha value is 0.280. The quantitative estimate of drug-likeness (QED) is 0.592. The number of alkyl halides is 2. The molecule has 1 aromatic carbocycles. The van der Waals surface area contributed by atoms with Crippen LogP contribution in [0.1, 0.15) is 0 Å². The molecular formula is C10H13Cl3NOP. The lowest BCUT2D eigenvalue weighted by Crippen LogP contribution is -2.27. The SMILES string of the molecule is O=[P@@](Cl)(c1ccccc1)N(CCCl)CCCl. The van der Waals surface area contributed by atoms with Crippen molar-refractivity contribution in [3.63, 3.8) is 0 Å². The molecule has 0 aliphatic rings. The second-order valence-electron chi connectivity index (χ2n) is 3.17. The molecule has 0 saturated heterocycles. The Morgan fingerprint density at radius 2 is 1.56 bits per heavy atom. The normalized spacial score (nSPS) is 15.0. The molecule has 6 heteroatoms. The van der Waals surface area contributed by atoms with Crippen molar-refractivity contribution in [2.45, 2.75) is 0 Å². The summed E-state index contributed by atoms with van der Waals surface area (Å²) in [4.78, 5) is 0. The molecule has 1 atom stereocenters. The Balaban J connectivity index is 2.93. The van der Waals surface area contributed by atoms with E-state index >= 15 is 0 Å². The van der Waals surface area contributed by atoms with Gasteiger partial charge in [-0.1, -0.05) is 18.2 Å². The number of benzene rings is 1. The third kappa shape index (κ3) is 3.65. The van der Waals surface area contributed by atoms with E-state index in [2.05, 4.69) is 0 Å². The molecule has 0 heterocycles. The molecule has 16 heavy (non-hydrogen) atoms. The average Bonchev–Trinajstić information content (AvgIpc) is 2.30. The lowest BCUT2D eigenvalue weighted by Gasteiger charge is -2.25. The summed E-state index contributed by atoms with van der Waals surface area (Å²) in [5.74, 6) is 0.751. The maximum absolute atomic E-state index is 12.5. The molecule has 0 fully saturated rings. The summed E-state index contributed by atoms with van der Waals surface area (Å²) < 4.78 is 14.1. The summed E-state index contributed by atoms with van der Waals surface area (Å²) in [7, 11) is 0. The van der Waals surface area contributed by atoms with E-state index in [-0.39, 0.29) is 0 Å². The van der Waals surface area contributed by atoms with E-state index in [9.17, 15) is 4.57 Å². The summed E-state index contributed by atoms with van der Waals surface area (Å²) in [6, 6.07) is 8.98. The number of halogens is 3. The van der Waals surface area contributed by atoms with Crippen molar-refractivity contribution in [2.24, 2.45) is 0 Å². The Kier molecular flexibility index (Phi) is 6.17. The van der Waals surface area contributed by atoms with Crippen molar-refractivity contribution in [3.05, 3.63) is 30.3 Å². The predicted octanol–water partition coefficient (Wildman–Crippen LogP) is 3.52. The first-order chi connectivity index (χ1) is 7.62.